The minimum atomic E-state index is -4.15. The van der Waals surface area contributed by atoms with E-state index in [2.05, 4.69) is 0 Å². The number of sulfonamides is 1. The maximum Gasteiger partial charge on any atom is 0.324 e. The fraction of sp³-hybridized carbons (Fsp3) is 0.235. The van der Waals surface area contributed by atoms with Crippen molar-refractivity contribution in [3.8, 4) is 11.5 Å². The van der Waals surface area contributed by atoms with Crippen LogP contribution in [0.2, 0.25) is 5.02 Å². The first-order valence-corrected chi connectivity index (χ1v) is 9.36. The quantitative estimate of drug-likeness (QED) is 0.659. The smallest absolute Gasteiger partial charge is 0.324 e. The highest BCUT2D eigenvalue weighted by Crippen LogP contribution is 2.24. The summed E-state index contributed by atoms with van der Waals surface area (Å²) in [4.78, 5) is 11.1. The Balaban J connectivity index is 2.18. The van der Waals surface area contributed by atoms with E-state index in [1.54, 1.807) is 24.3 Å². The van der Waals surface area contributed by atoms with E-state index in [1.165, 1.54) is 38.1 Å². The Hall–Kier alpha value is -2.13. The molecule has 140 valence electrons. The molecule has 0 aromatic heterocycles. The first-order valence-electron chi connectivity index (χ1n) is 7.50. The average Bonchev–Trinajstić information content (AvgIpc) is 2.54. The summed E-state index contributed by atoms with van der Waals surface area (Å²) < 4.78 is 32.3. The average molecular weight is 400 g/mol. The van der Waals surface area contributed by atoms with Crippen LogP contribution in [0.4, 0.5) is 0 Å². The van der Waals surface area contributed by atoms with Gasteiger partial charge in [0.05, 0.1) is 10.5 Å². The lowest BCUT2D eigenvalue weighted by Gasteiger charge is -2.26. The van der Waals surface area contributed by atoms with Crippen molar-refractivity contribution in [3.05, 3.63) is 53.6 Å². The maximum absolute atomic E-state index is 12.4. The predicted molar refractivity (Wildman–Crippen MR) is 96.0 cm³/mol. The summed E-state index contributed by atoms with van der Waals surface area (Å²) in [6.07, 6.45) is 0. The molecule has 0 saturated heterocycles. The maximum atomic E-state index is 12.4. The fourth-order valence-electron chi connectivity index (χ4n) is 2.05. The molecule has 0 amide bonds. The Morgan fingerprint density at radius 3 is 1.96 bits per heavy atom. The second-order valence-electron chi connectivity index (χ2n) is 6.07. The van der Waals surface area contributed by atoms with Crippen LogP contribution in [0.3, 0.4) is 0 Å². The van der Waals surface area contributed by atoms with Crippen LogP contribution in [-0.4, -0.2) is 36.2 Å². The van der Waals surface area contributed by atoms with Crippen molar-refractivity contribution in [2.24, 2.45) is 0 Å². The highest BCUT2D eigenvalue weighted by atomic mass is 35.5. The summed E-state index contributed by atoms with van der Waals surface area (Å²) in [7, 11) is -4.15. The van der Waals surface area contributed by atoms with E-state index in [0.29, 0.717) is 16.5 Å². The molecular weight excluding hydrogens is 382 g/mol. The number of carbonyl (C=O) groups is 1. The predicted octanol–water partition coefficient (Wildman–Crippen LogP) is 2.63. The second-order valence-corrected chi connectivity index (χ2v) is 8.22. The number of rotatable bonds is 7. The molecule has 2 aromatic rings. The van der Waals surface area contributed by atoms with Crippen molar-refractivity contribution in [2.75, 3.05) is 0 Å². The van der Waals surface area contributed by atoms with Crippen molar-refractivity contribution in [2.45, 2.75) is 30.4 Å². The molecule has 0 bridgehead atoms. The third-order valence-electron chi connectivity index (χ3n) is 3.41. The molecular formula is C17H18ClNO6S. The van der Waals surface area contributed by atoms with Gasteiger partial charge in [0.15, 0.2) is 0 Å². The number of carboxylic acids is 1. The van der Waals surface area contributed by atoms with Gasteiger partial charge in [0.25, 0.3) is 0 Å². The monoisotopic (exact) mass is 399 g/mol. The van der Waals surface area contributed by atoms with E-state index >= 15 is 0 Å². The number of hydrogen-bond donors (Lipinski definition) is 3. The van der Waals surface area contributed by atoms with E-state index < -0.39 is 27.6 Å². The summed E-state index contributed by atoms with van der Waals surface area (Å²) in [5, 5.41) is 19.5. The lowest BCUT2D eigenvalue weighted by molar-refractivity contribution is -0.144. The van der Waals surface area contributed by atoms with Gasteiger partial charge in [-0.05, 0) is 62.4 Å². The fourth-order valence-corrected chi connectivity index (χ4v) is 3.50. The standard InChI is InChI=1S/C17H18ClNO6S/c1-17(2,22)15(16(20)21)19-26(23,24)14-9-7-13(8-10-14)25-12-5-3-11(18)4-6-12/h3-10,15,19,22H,1-2H3,(H,20,21)/t15-/m1/s1. The summed E-state index contributed by atoms with van der Waals surface area (Å²) in [6, 6.07) is 10.4. The molecule has 0 radical (unpaired) electrons. The zero-order valence-corrected chi connectivity index (χ0v) is 15.6. The lowest BCUT2D eigenvalue weighted by Crippen LogP contribution is -2.53. The van der Waals surface area contributed by atoms with Gasteiger partial charge in [-0.3, -0.25) is 4.79 Å². The third-order valence-corrected chi connectivity index (χ3v) is 5.10. The SMILES string of the molecule is CC(C)(O)[C@H](NS(=O)(=O)c1ccc(Oc2ccc(Cl)cc2)cc1)C(=O)O. The first kappa shape index (κ1) is 20.2. The Kier molecular flexibility index (Phi) is 5.92. The van der Waals surface area contributed by atoms with E-state index in [0.717, 1.165) is 0 Å². The molecule has 0 aliphatic heterocycles. The van der Waals surface area contributed by atoms with E-state index in [4.69, 9.17) is 21.4 Å². The molecule has 0 saturated carbocycles. The topological polar surface area (TPSA) is 113 Å². The van der Waals surface area contributed by atoms with Crippen molar-refractivity contribution in [1.29, 1.82) is 0 Å². The molecule has 0 aliphatic carbocycles. The number of halogens is 1. The highest BCUT2D eigenvalue weighted by Gasteiger charge is 2.37. The van der Waals surface area contributed by atoms with Gasteiger partial charge in [0.2, 0.25) is 10.0 Å². The number of ether oxygens (including phenoxy) is 1. The lowest BCUT2D eigenvalue weighted by atomic mass is 10.0. The van der Waals surface area contributed by atoms with Crippen LogP contribution in [-0.2, 0) is 14.8 Å². The first-order chi connectivity index (χ1) is 12.0. The Labute approximate surface area is 156 Å². The van der Waals surface area contributed by atoms with Gasteiger partial charge < -0.3 is 14.9 Å². The summed E-state index contributed by atoms with van der Waals surface area (Å²) in [5.74, 6) is -0.566. The van der Waals surface area contributed by atoms with Crippen LogP contribution in [0.25, 0.3) is 0 Å². The number of nitrogens with one attached hydrogen (secondary N) is 1. The minimum absolute atomic E-state index is 0.156. The van der Waals surface area contributed by atoms with Crippen LogP contribution in [0.1, 0.15) is 13.8 Å². The molecule has 0 heterocycles. The number of carboxylic acid groups (broad SMARTS) is 1. The minimum Gasteiger partial charge on any atom is -0.480 e. The molecule has 0 unspecified atom stereocenters. The van der Waals surface area contributed by atoms with Crippen LogP contribution in [0.5, 0.6) is 11.5 Å². The molecule has 2 aromatic carbocycles. The largest absolute Gasteiger partial charge is 0.480 e. The summed E-state index contributed by atoms with van der Waals surface area (Å²) in [5.41, 5.74) is -1.78. The van der Waals surface area contributed by atoms with E-state index in [9.17, 15) is 18.3 Å². The third kappa shape index (κ3) is 5.18. The van der Waals surface area contributed by atoms with Crippen LogP contribution >= 0.6 is 11.6 Å². The zero-order valence-electron chi connectivity index (χ0n) is 14.0. The Morgan fingerprint density at radius 2 is 1.54 bits per heavy atom. The molecule has 9 heteroatoms. The number of hydrogen-bond acceptors (Lipinski definition) is 5. The summed E-state index contributed by atoms with van der Waals surface area (Å²) in [6.45, 7) is 2.41. The van der Waals surface area contributed by atoms with Gasteiger partial charge in [-0.1, -0.05) is 11.6 Å². The van der Waals surface area contributed by atoms with Crippen LogP contribution in [0.15, 0.2) is 53.4 Å². The van der Waals surface area contributed by atoms with Gasteiger partial charge >= 0.3 is 5.97 Å². The summed E-state index contributed by atoms with van der Waals surface area (Å²) >= 11 is 5.79. The highest BCUT2D eigenvalue weighted by molar-refractivity contribution is 7.89. The van der Waals surface area contributed by atoms with E-state index in [-0.39, 0.29) is 4.90 Å². The second kappa shape index (κ2) is 7.63. The van der Waals surface area contributed by atoms with E-state index in [1.807, 2.05) is 4.72 Å². The van der Waals surface area contributed by atoms with Gasteiger partial charge in [-0.2, -0.15) is 4.72 Å². The molecule has 1 atom stereocenters. The Bertz CT molecular complexity index is 873. The van der Waals surface area contributed by atoms with Crippen LogP contribution in [0, 0.1) is 0 Å². The molecule has 0 fully saturated rings. The van der Waals surface area contributed by atoms with Gasteiger partial charge in [-0.15, -0.1) is 0 Å². The number of benzene rings is 2. The van der Waals surface area contributed by atoms with Crippen molar-refractivity contribution < 1.29 is 28.2 Å². The van der Waals surface area contributed by atoms with Gasteiger partial charge in [0.1, 0.15) is 17.5 Å². The molecule has 26 heavy (non-hydrogen) atoms. The van der Waals surface area contributed by atoms with Gasteiger partial charge in [-0.25, -0.2) is 8.42 Å². The van der Waals surface area contributed by atoms with Crippen molar-refractivity contribution in [1.82, 2.24) is 4.72 Å². The molecule has 2 rings (SSSR count). The van der Waals surface area contributed by atoms with Crippen molar-refractivity contribution >= 4 is 27.6 Å². The zero-order chi connectivity index (χ0) is 19.5. The molecule has 7 nitrogen and oxygen atoms in total. The van der Waals surface area contributed by atoms with Gasteiger partial charge in [0, 0.05) is 5.02 Å². The van der Waals surface area contributed by atoms with Crippen molar-refractivity contribution in [3.63, 3.8) is 0 Å². The molecule has 3 N–H and O–H groups in total. The number of aliphatic hydroxyl groups is 1. The van der Waals surface area contributed by atoms with Crippen LogP contribution < -0.4 is 9.46 Å². The number of aliphatic carboxylic acids is 1. The normalized spacial score (nSPS) is 13.2. The Morgan fingerprint density at radius 1 is 1.08 bits per heavy atom. The molecule has 0 spiro atoms. The molecule has 0 aliphatic rings.